The van der Waals surface area contributed by atoms with Gasteiger partial charge in [-0.2, -0.15) is 0 Å². The molecular formula is C30H29N3O4S3. The Balaban J connectivity index is 1.46. The third-order valence-corrected chi connectivity index (χ3v) is 10.4. The number of benzene rings is 2. The van der Waals surface area contributed by atoms with Gasteiger partial charge in [-0.25, -0.2) is 0 Å². The van der Waals surface area contributed by atoms with Gasteiger partial charge in [0.2, 0.25) is 0 Å². The van der Waals surface area contributed by atoms with E-state index in [9.17, 15) is 14.4 Å². The van der Waals surface area contributed by atoms with Crippen LogP contribution in [0.2, 0.25) is 0 Å². The Morgan fingerprint density at radius 2 is 1.93 bits per heavy atom. The van der Waals surface area contributed by atoms with E-state index in [0.717, 1.165) is 18.4 Å². The molecule has 6 rings (SSSR count). The van der Waals surface area contributed by atoms with Crippen LogP contribution in [0.5, 0.6) is 0 Å². The van der Waals surface area contributed by atoms with E-state index in [2.05, 4.69) is 41.3 Å². The Morgan fingerprint density at radius 3 is 2.65 bits per heavy atom. The lowest BCUT2D eigenvalue weighted by Gasteiger charge is -2.27. The molecule has 1 aliphatic carbocycles. The van der Waals surface area contributed by atoms with Crippen molar-refractivity contribution in [2.45, 2.75) is 51.6 Å². The predicted octanol–water partition coefficient (Wildman–Crippen LogP) is 4.08. The van der Waals surface area contributed by atoms with E-state index in [1.54, 1.807) is 6.92 Å². The number of thiazole rings is 1. The first-order valence-corrected chi connectivity index (χ1v) is 15.6. The van der Waals surface area contributed by atoms with Crippen LogP contribution in [0.25, 0.3) is 11.0 Å². The number of fused-ring (bicyclic) bond motifs is 3. The molecule has 206 valence electrons. The van der Waals surface area contributed by atoms with Gasteiger partial charge in [0.05, 0.1) is 11.1 Å². The summed E-state index contributed by atoms with van der Waals surface area (Å²) >= 11 is 7.79. The fourth-order valence-electron chi connectivity index (χ4n) is 6.01. The van der Waals surface area contributed by atoms with Crippen LogP contribution in [0.15, 0.2) is 53.3 Å². The van der Waals surface area contributed by atoms with Crippen molar-refractivity contribution in [2.24, 2.45) is 0 Å². The molecule has 0 N–H and O–H groups in total. The van der Waals surface area contributed by atoms with E-state index in [-0.39, 0.29) is 24.6 Å². The molecule has 1 saturated heterocycles. The van der Waals surface area contributed by atoms with Gasteiger partial charge in [-0.05, 0) is 68.2 Å². The number of para-hydroxylation sites is 1. The van der Waals surface area contributed by atoms with Crippen LogP contribution < -0.4 is 19.7 Å². The first-order valence-electron chi connectivity index (χ1n) is 13.5. The van der Waals surface area contributed by atoms with Crippen molar-refractivity contribution >= 4 is 73.9 Å². The second-order valence-electron chi connectivity index (χ2n) is 9.99. The van der Waals surface area contributed by atoms with Gasteiger partial charge < -0.3 is 9.64 Å². The summed E-state index contributed by atoms with van der Waals surface area (Å²) in [6, 6.07) is 17.4. The summed E-state index contributed by atoms with van der Waals surface area (Å²) in [5.74, 6) is -0.312. The standard InChI is InChI=1S/C30H29N3O4S3/c1-3-31-28(36)26(40-30(31)38)29-32(17-25(34)37-4-2)27(35)24(39-29)16-18-13-14-23-21(15-18)20-11-8-12-22(20)33(23)19-9-6-5-7-10-19/h5-7,9-10,13-16,20,22H,3-4,8,11-12,17H2,1-2H3. The zero-order valence-corrected chi connectivity index (χ0v) is 24.7. The number of carbonyl (C=O) groups is 2. The van der Waals surface area contributed by atoms with Gasteiger partial charge in [0.25, 0.3) is 11.5 Å². The number of ether oxygens (including phenoxy) is 1. The Bertz CT molecular complexity index is 1690. The summed E-state index contributed by atoms with van der Waals surface area (Å²) in [5.41, 5.74) is 4.34. The first kappa shape index (κ1) is 27.0. The molecule has 1 saturated carbocycles. The molecule has 2 atom stereocenters. The third kappa shape index (κ3) is 4.61. The SMILES string of the molecule is CCOC(=O)Cn1c(=C2SC(=S)N(CC)C2=O)sc(=Cc2ccc3c(c2)C2CCCC2N3c2ccccc2)c1=O. The highest BCUT2D eigenvalue weighted by Crippen LogP contribution is 2.52. The lowest BCUT2D eigenvalue weighted by atomic mass is 9.96. The molecule has 7 nitrogen and oxygen atoms in total. The molecule has 40 heavy (non-hydrogen) atoms. The number of amides is 1. The molecule has 10 heteroatoms. The number of thiocarbonyl (C=S) groups is 1. The Morgan fingerprint density at radius 1 is 1.12 bits per heavy atom. The van der Waals surface area contributed by atoms with Gasteiger partial charge in [0.15, 0.2) is 0 Å². The van der Waals surface area contributed by atoms with Crippen molar-refractivity contribution in [2.75, 3.05) is 18.1 Å². The molecule has 0 spiro atoms. The topological polar surface area (TPSA) is 71.8 Å². The predicted molar refractivity (Wildman–Crippen MR) is 164 cm³/mol. The lowest BCUT2D eigenvalue weighted by molar-refractivity contribution is -0.143. The van der Waals surface area contributed by atoms with Crippen LogP contribution in [0.3, 0.4) is 0 Å². The second-order valence-corrected chi connectivity index (χ2v) is 12.7. The third-order valence-electron chi connectivity index (χ3n) is 7.71. The van der Waals surface area contributed by atoms with E-state index in [4.69, 9.17) is 17.0 Å². The molecule has 0 bridgehead atoms. The summed E-state index contributed by atoms with van der Waals surface area (Å²) < 4.78 is 7.83. The van der Waals surface area contributed by atoms with E-state index in [0.29, 0.717) is 36.9 Å². The molecule has 3 aromatic rings. The molecular weight excluding hydrogens is 563 g/mol. The fourth-order valence-corrected chi connectivity index (χ4v) is 8.65. The van der Waals surface area contributed by atoms with Gasteiger partial charge in [-0.1, -0.05) is 54.7 Å². The Hall–Kier alpha value is -3.21. The number of thioether (sulfide) groups is 1. The van der Waals surface area contributed by atoms with Gasteiger partial charge in [0, 0.05) is 29.9 Å². The normalized spacial score (nSPS) is 21.8. The fraction of sp³-hybridized carbons (Fsp3) is 0.333. The maximum atomic E-state index is 13.6. The monoisotopic (exact) mass is 591 g/mol. The maximum Gasteiger partial charge on any atom is 0.326 e. The van der Waals surface area contributed by atoms with Crippen molar-refractivity contribution in [3.05, 3.63) is 79.2 Å². The van der Waals surface area contributed by atoms with Crippen LogP contribution in [0, 0.1) is 0 Å². The number of anilines is 2. The molecule has 3 heterocycles. The van der Waals surface area contributed by atoms with Crippen molar-refractivity contribution in [3.8, 4) is 0 Å². The van der Waals surface area contributed by atoms with Crippen LogP contribution >= 0.6 is 35.3 Å². The minimum Gasteiger partial charge on any atom is -0.465 e. The van der Waals surface area contributed by atoms with Crippen molar-refractivity contribution in [1.82, 2.24) is 9.47 Å². The molecule has 2 unspecified atom stereocenters. The summed E-state index contributed by atoms with van der Waals surface area (Å²) in [4.78, 5) is 43.5. The van der Waals surface area contributed by atoms with Crippen LogP contribution in [-0.4, -0.2) is 44.9 Å². The Labute approximate surface area is 245 Å². The highest BCUT2D eigenvalue weighted by atomic mass is 32.2. The lowest BCUT2D eigenvalue weighted by Crippen LogP contribution is -2.36. The number of hydrogen-bond acceptors (Lipinski definition) is 8. The van der Waals surface area contributed by atoms with Gasteiger partial charge >= 0.3 is 5.97 Å². The largest absolute Gasteiger partial charge is 0.465 e. The second kappa shape index (κ2) is 11.0. The molecule has 2 aliphatic heterocycles. The van der Waals surface area contributed by atoms with E-state index >= 15 is 0 Å². The zero-order valence-electron chi connectivity index (χ0n) is 22.3. The molecule has 2 fully saturated rings. The number of rotatable bonds is 6. The molecule has 0 radical (unpaired) electrons. The van der Waals surface area contributed by atoms with Crippen LogP contribution in [-0.2, 0) is 20.9 Å². The summed E-state index contributed by atoms with van der Waals surface area (Å²) in [5, 5.41) is 0. The molecule has 2 aromatic carbocycles. The molecule has 1 aromatic heterocycles. The average molecular weight is 592 g/mol. The number of aromatic nitrogens is 1. The minimum atomic E-state index is -0.521. The van der Waals surface area contributed by atoms with Crippen LogP contribution in [0.4, 0.5) is 11.4 Å². The van der Waals surface area contributed by atoms with Gasteiger partial charge in [-0.3, -0.25) is 23.9 Å². The molecule has 1 amide bonds. The highest BCUT2D eigenvalue weighted by Gasteiger charge is 2.42. The molecule has 3 aliphatic rings. The quantitative estimate of drug-likeness (QED) is 0.316. The van der Waals surface area contributed by atoms with E-state index in [1.807, 2.05) is 25.1 Å². The average Bonchev–Trinajstić information content (AvgIpc) is 3.68. The van der Waals surface area contributed by atoms with E-state index < -0.39 is 5.97 Å². The van der Waals surface area contributed by atoms with Crippen molar-refractivity contribution < 1.29 is 14.3 Å². The first-order chi connectivity index (χ1) is 19.4. The number of nitrogens with zero attached hydrogens (tertiary/aromatic N) is 3. The number of carbonyl (C=O) groups excluding carboxylic acids is 2. The summed E-state index contributed by atoms with van der Waals surface area (Å²) in [6.07, 6.45) is 5.36. The van der Waals surface area contributed by atoms with Crippen LogP contribution in [0.1, 0.15) is 50.2 Å². The summed E-state index contributed by atoms with van der Waals surface area (Å²) in [6.45, 7) is 3.97. The highest BCUT2D eigenvalue weighted by molar-refractivity contribution is 8.30. The Kier molecular flexibility index (Phi) is 7.41. The maximum absolute atomic E-state index is 13.6. The van der Waals surface area contributed by atoms with Crippen molar-refractivity contribution in [1.29, 1.82) is 0 Å². The number of hydrogen-bond donors (Lipinski definition) is 0. The smallest absolute Gasteiger partial charge is 0.326 e. The summed E-state index contributed by atoms with van der Waals surface area (Å²) in [7, 11) is 0. The number of esters is 1. The van der Waals surface area contributed by atoms with E-state index in [1.165, 1.54) is 55.9 Å². The minimum absolute atomic E-state index is 0.210. The zero-order chi connectivity index (χ0) is 28.0. The van der Waals surface area contributed by atoms with Gasteiger partial charge in [-0.15, -0.1) is 11.3 Å². The van der Waals surface area contributed by atoms with Gasteiger partial charge in [0.1, 0.15) is 20.4 Å². The van der Waals surface area contributed by atoms with Crippen molar-refractivity contribution in [3.63, 3.8) is 0 Å².